The van der Waals surface area contributed by atoms with E-state index in [1.54, 1.807) is 18.0 Å². The number of ether oxygens (including phenoxy) is 1. The molecule has 3 aromatic rings. The lowest BCUT2D eigenvalue weighted by atomic mass is 9.83. The predicted molar refractivity (Wildman–Crippen MR) is 103 cm³/mol. The highest BCUT2D eigenvalue weighted by Gasteiger charge is 2.32. The van der Waals surface area contributed by atoms with Crippen LogP contribution in [0.2, 0.25) is 0 Å². The predicted octanol–water partition coefficient (Wildman–Crippen LogP) is 0.848. The van der Waals surface area contributed by atoms with Crippen molar-refractivity contribution in [2.24, 2.45) is 11.5 Å². The number of primary amides is 1. The normalized spacial score (nSPS) is 22.4. The first-order chi connectivity index (χ1) is 13.5. The minimum atomic E-state index is -0.478. The van der Waals surface area contributed by atoms with Crippen molar-refractivity contribution in [3.05, 3.63) is 42.1 Å². The van der Waals surface area contributed by atoms with E-state index in [0.29, 0.717) is 11.6 Å². The van der Waals surface area contributed by atoms with E-state index in [1.807, 2.05) is 24.3 Å². The number of hydrogen-bond acceptors (Lipinski definition) is 7. The second kappa shape index (κ2) is 7.61. The summed E-state index contributed by atoms with van der Waals surface area (Å²) in [4.78, 5) is 25.1. The maximum atomic E-state index is 11.4. The van der Waals surface area contributed by atoms with Crippen LogP contribution in [-0.4, -0.2) is 49.9 Å². The number of nitrogens with two attached hydrogens (primary N) is 2. The molecular weight excluding hydrogens is 358 g/mol. The number of nitrogens with zero attached hydrogens (tertiary/aromatic N) is 5. The van der Waals surface area contributed by atoms with Crippen molar-refractivity contribution >= 4 is 16.9 Å². The molecule has 1 aliphatic carbocycles. The maximum absolute atomic E-state index is 11.4. The first-order valence-electron chi connectivity index (χ1n) is 9.30. The lowest BCUT2D eigenvalue weighted by Gasteiger charge is -2.32. The van der Waals surface area contributed by atoms with Crippen molar-refractivity contribution in [3.63, 3.8) is 0 Å². The Hall–Kier alpha value is -2.91. The molecule has 9 nitrogen and oxygen atoms in total. The zero-order valence-corrected chi connectivity index (χ0v) is 15.7. The molecule has 0 bridgehead atoms. The van der Waals surface area contributed by atoms with E-state index in [2.05, 4.69) is 20.1 Å². The van der Waals surface area contributed by atoms with Gasteiger partial charge in [0.2, 0.25) is 5.91 Å². The Morgan fingerprint density at radius 2 is 2.04 bits per heavy atom. The SMILES string of the molecule is CO[C@H]1C[C@@H](c2nc(CC(N)=O)nn2-c2cnc3ccccc3n2)CC[C@@H]1N. The molecule has 1 aliphatic rings. The van der Waals surface area contributed by atoms with Crippen molar-refractivity contribution in [1.29, 1.82) is 0 Å². The third kappa shape index (κ3) is 3.58. The first-order valence-corrected chi connectivity index (χ1v) is 9.30. The van der Waals surface area contributed by atoms with Gasteiger partial charge in [0, 0.05) is 19.1 Å². The second-order valence-electron chi connectivity index (χ2n) is 7.11. The fourth-order valence-corrected chi connectivity index (χ4v) is 3.74. The number of rotatable bonds is 5. The van der Waals surface area contributed by atoms with Crippen molar-refractivity contribution in [2.75, 3.05) is 7.11 Å². The van der Waals surface area contributed by atoms with Crippen LogP contribution in [0.3, 0.4) is 0 Å². The smallest absolute Gasteiger partial charge is 0.225 e. The van der Waals surface area contributed by atoms with Crippen LogP contribution in [0.25, 0.3) is 16.9 Å². The molecule has 28 heavy (non-hydrogen) atoms. The van der Waals surface area contributed by atoms with Crippen LogP contribution in [0.4, 0.5) is 0 Å². The molecule has 2 heterocycles. The van der Waals surface area contributed by atoms with Gasteiger partial charge in [0.15, 0.2) is 11.6 Å². The molecule has 4 N–H and O–H groups in total. The second-order valence-corrected chi connectivity index (χ2v) is 7.11. The Balaban J connectivity index is 1.76. The van der Waals surface area contributed by atoms with Gasteiger partial charge in [-0.15, -0.1) is 5.10 Å². The van der Waals surface area contributed by atoms with Crippen LogP contribution in [0, 0.1) is 0 Å². The molecule has 1 saturated carbocycles. The number of hydrogen-bond donors (Lipinski definition) is 2. The summed E-state index contributed by atoms with van der Waals surface area (Å²) in [5.74, 6) is 1.28. The molecule has 1 fully saturated rings. The van der Waals surface area contributed by atoms with E-state index in [1.165, 1.54) is 0 Å². The first kappa shape index (κ1) is 18.5. The highest BCUT2D eigenvalue weighted by molar-refractivity contribution is 5.76. The Labute approximate surface area is 162 Å². The Morgan fingerprint density at radius 1 is 1.25 bits per heavy atom. The molecule has 4 rings (SSSR count). The standard InChI is InChI=1S/C19H23N7O2/c1-28-15-8-11(6-7-12(15)20)19-24-17(9-16(21)27)25-26(19)18-10-22-13-4-2-3-5-14(13)23-18/h2-5,10-12,15H,6-9,20H2,1H3,(H2,21,27)/t11-,12-,15-/m0/s1. The van der Waals surface area contributed by atoms with Gasteiger partial charge < -0.3 is 16.2 Å². The van der Waals surface area contributed by atoms with Gasteiger partial charge in [-0.05, 0) is 31.4 Å². The van der Waals surface area contributed by atoms with Crippen LogP contribution in [0.1, 0.15) is 36.8 Å². The lowest BCUT2D eigenvalue weighted by Crippen LogP contribution is -2.41. The van der Waals surface area contributed by atoms with Gasteiger partial charge in [0.05, 0.1) is 29.8 Å². The summed E-state index contributed by atoms with van der Waals surface area (Å²) in [5, 5.41) is 4.50. The molecule has 9 heteroatoms. The summed E-state index contributed by atoms with van der Waals surface area (Å²) >= 11 is 0. The fraction of sp³-hybridized carbons (Fsp3) is 0.421. The zero-order chi connectivity index (χ0) is 19.7. The largest absolute Gasteiger partial charge is 0.380 e. The van der Waals surface area contributed by atoms with Gasteiger partial charge in [0.1, 0.15) is 5.82 Å². The molecule has 1 amide bonds. The summed E-state index contributed by atoms with van der Waals surface area (Å²) in [6, 6.07) is 7.63. The Bertz CT molecular complexity index is 1000. The van der Waals surface area contributed by atoms with E-state index < -0.39 is 5.91 Å². The summed E-state index contributed by atoms with van der Waals surface area (Å²) in [6.45, 7) is 0. The van der Waals surface area contributed by atoms with Crippen molar-refractivity contribution in [3.8, 4) is 5.82 Å². The van der Waals surface area contributed by atoms with Crippen LogP contribution >= 0.6 is 0 Å². The minimum absolute atomic E-state index is 0.00294. The van der Waals surface area contributed by atoms with Gasteiger partial charge >= 0.3 is 0 Å². The lowest BCUT2D eigenvalue weighted by molar-refractivity contribution is -0.117. The minimum Gasteiger partial charge on any atom is -0.380 e. The fourth-order valence-electron chi connectivity index (χ4n) is 3.74. The molecule has 0 saturated heterocycles. The molecule has 2 aromatic heterocycles. The van der Waals surface area contributed by atoms with Crippen LogP contribution in [0.5, 0.6) is 0 Å². The van der Waals surface area contributed by atoms with E-state index in [4.69, 9.17) is 16.2 Å². The van der Waals surface area contributed by atoms with E-state index >= 15 is 0 Å². The molecule has 146 valence electrons. The van der Waals surface area contributed by atoms with Crippen molar-refractivity contribution < 1.29 is 9.53 Å². The third-order valence-electron chi connectivity index (χ3n) is 5.17. The van der Waals surface area contributed by atoms with E-state index in [9.17, 15) is 4.79 Å². The average Bonchev–Trinajstić information content (AvgIpc) is 3.11. The van der Waals surface area contributed by atoms with Crippen molar-refractivity contribution in [1.82, 2.24) is 24.7 Å². The highest BCUT2D eigenvalue weighted by Crippen LogP contribution is 2.33. The average molecular weight is 381 g/mol. The number of carbonyl (C=O) groups is 1. The zero-order valence-electron chi connectivity index (χ0n) is 15.7. The Kier molecular flexibility index (Phi) is 5.01. The maximum Gasteiger partial charge on any atom is 0.225 e. The van der Waals surface area contributed by atoms with Crippen LogP contribution < -0.4 is 11.5 Å². The molecule has 0 spiro atoms. The van der Waals surface area contributed by atoms with Crippen molar-refractivity contribution in [2.45, 2.75) is 43.7 Å². The van der Waals surface area contributed by atoms with Gasteiger partial charge in [0.25, 0.3) is 0 Å². The monoisotopic (exact) mass is 381 g/mol. The topological polar surface area (TPSA) is 135 Å². The number of amides is 1. The molecule has 1 aromatic carbocycles. The van der Waals surface area contributed by atoms with Crippen LogP contribution in [0.15, 0.2) is 30.5 Å². The van der Waals surface area contributed by atoms with Gasteiger partial charge in [-0.2, -0.15) is 4.68 Å². The highest BCUT2D eigenvalue weighted by atomic mass is 16.5. The summed E-state index contributed by atoms with van der Waals surface area (Å²) < 4.78 is 7.22. The quantitative estimate of drug-likeness (QED) is 0.669. The Morgan fingerprint density at radius 3 is 2.79 bits per heavy atom. The molecule has 0 radical (unpaired) electrons. The molecule has 0 aliphatic heterocycles. The third-order valence-corrected chi connectivity index (χ3v) is 5.17. The van der Waals surface area contributed by atoms with Gasteiger partial charge in [-0.1, -0.05) is 12.1 Å². The number of benzene rings is 1. The van der Waals surface area contributed by atoms with E-state index in [0.717, 1.165) is 36.1 Å². The summed E-state index contributed by atoms with van der Waals surface area (Å²) in [7, 11) is 1.67. The molecule has 0 unspecified atom stereocenters. The number of fused-ring (bicyclic) bond motifs is 1. The number of para-hydroxylation sites is 2. The van der Waals surface area contributed by atoms with Gasteiger partial charge in [-0.3, -0.25) is 9.78 Å². The van der Waals surface area contributed by atoms with Crippen LogP contribution in [-0.2, 0) is 16.0 Å². The molecule has 3 atom stereocenters. The van der Waals surface area contributed by atoms with E-state index in [-0.39, 0.29) is 24.5 Å². The summed E-state index contributed by atoms with van der Waals surface area (Å²) in [6.07, 6.45) is 4.00. The number of methoxy groups -OCH3 is 1. The molecular formula is C19H23N7O2. The van der Waals surface area contributed by atoms with Gasteiger partial charge in [-0.25, -0.2) is 9.97 Å². The summed E-state index contributed by atoms with van der Waals surface area (Å²) in [5.41, 5.74) is 13.1. The number of carbonyl (C=O) groups excluding carboxylic acids is 1. The number of aromatic nitrogens is 5.